The van der Waals surface area contributed by atoms with Crippen LogP contribution in [0.4, 0.5) is 0 Å². The van der Waals surface area contributed by atoms with Crippen molar-refractivity contribution in [2.24, 2.45) is 5.92 Å². The predicted octanol–water partition coefficient (Wildman–Crippen LogP) is 2.40. The molecular formula is C17H35BNO5VW-. The van der Waals surface area contributed by atoms with Gasteiger partial charge in [-0.3, -0.25) is 16.6 Å². The molecule has 0 heterocycles. The van der Waals surface area contributed by atoms with Gasteiger partial charge < -0.3 is 34.4 Å². The number of esters is 1. The summed E-state index contributed by atoms with van der Waals surface area (Å²) in [5.74, 6) is 0.854. The molecule has 0 aromatic rings. The minimum absolute atomic E-state index is 0. The largest absolute Gasteiger partial charge is 2.00 e. The molecule has 1 saturated carbocycles. The van der Waals surface area contributed by atoms with E-state index in [9.17, 15) is 9.59 Å². The van der Waals surface area contributed by atoms with Crippen LogP contribution in [0.15, 0.2) is 0 Å². The molecule has 0 aromatic carbocycles. The minimum Gasteiger partial charge on any atom is -0.508 e. The van der Waals surface area contributed by atoms with Crippen LogP contribution in [0.25, 0.3) is 0 Å². The molecular weight excluding hydrogens is 544 g/mol. The Labute approximate surface area is 188 Å². The number of methoxy groups -OCH3 is 3. The Hall–Kier alpha value is 0.198. The van der Waals surface area contributed by atoms with Gasteiger partial charge in [0.05, 0.1) is 21.6 Å². The van der Waals surface area contributed by atoms with Gasteiger partial charge in [0, 0.05) is 52.7 Å². The summed E-state index contributed by atoms with van der Waals surface area (Å²) in [5.41, 5.74) is 0. The van der Waals surface area contributed by atoms with Crippen LogP contribution < -0.4 is 5.32 Å². The molecule has 1 rings (SSSR count). The number of carbonyl (C=O) groups is 2. The van der Waals surface area contributed by atoms with Crippen molar-refractivity contribution in [1.29, 1.82) is 0 Å². The van der Waals surface area contributed by atoms with Gasteiger partial charge in [-0.05, 0) is 12.3 Å². The second kappa shape index (κ2) is 29.9. The van der Waals surface area contributed by atoms with Crippen LogP contribution in [-0.2, 0) is 63.4 Å². The first-order valence-electron chi connectivity index (χ1n) is 7.25. The molecule has 2 atom stereocenters. The van der Waals surface area contributed by atoms with Crippen LogP contribution in [0.1, 0.15) is 32.6 Å². The average Bonchev–Trinajstić information content (AvgIpc) is 2.91. The van der Waals surface area contributed by atoms with E-state index in [1.54, 1.807) is 14.2 Å². The van der Waals surface area contributed by atoms with E-state index in [0.29, 0.717) is 18.8 Å². The summed E-state index contributed by atoms with van der Waals surface area (Å²) in [6.07, 6.45) is 4.00. The Morgan fingerprint density at radius 1 is 1.15 bits per heavy atom. The van der Waals surface area contributed by atoms with Crippen molar-refractivity contribution < 1.29 is 63.4 Å². The minimum atomic E-state index is -0.245. The first-order valence-corrected chi connectivity index (χ1v) is 7.25. The van der Waals surface area contributed by atoms with Crippen LogP contribution >= 0.6 is 0 Å². The van der Waals surface area contributed by atoms with Gasteiger partial charge in [-0.2, -0.15) is 0 Å². The topological polar surface area (TPSA) is 73.9 Å². The van der Waals surface area contributed by atoms with E-state index in [4.69, 9.17) is 12.6 Å². The van der Waals surface area contributed by atoms with E-state index in [1.807, 2.05) is 0 Å². The van der Waals surface area contributed by atoms with Gasteiger partial charge in [-0.25, -0.2) is 0 Å². The SMILES string of the molecule is COC(C)=O.[B]C1CCC(COC)C1.[CH2-]NC(=O)CCOC.[CH3-].[CH3-].[V].[W+2]. The summed E-state index contributed by atoms with van der Waals surface area (Å²) in [6, 6.07) is 0. The van der Waals surface area contributed by atoms with Crippen molar-refractivity contribution in [3.63, 3.8) is 0 Å². The molecule has 2 unspecified atom stereocenters. The number of hydrogen-bond acceptors (Lipinski definition) is 5. The fourth-order valence-electron chi connectivity index (χ4n) is 1.78. The monoisotopic (exact) mass is 579 g/mol. The van der Waals surface area contributed by atoms with Gasteiger partial charge in [0.15, 0.2) is 5.91 Å². The molecule has 9 heteroatoms. The summed E-state index contributed by atoms with van der Waals surface area (Å²) < 4.78 is 13.8. The van der Waals surface area contributed by atoms with E-state index >= 15 is 0 Å². The standard InChI is InChI=1S/C7H13BO.C5H10NO2.C3H6O2.2CH3.V.W/c1-9-5-6-2-3-7(8)4-6;1-6-5(7)3-4-8-2;1-3(4)5-2;;;;/h6-7H,2-5H2,1H3;1,3-4H2,2H3,(H,6,7);1-2H3;2*1H3;;/q;-1;;2*-1;;+2. The van der Waals surface area contributed by atoms with Crippen LogP contribution in [0.3, 0.4) is 0 Å². The molecule has 1 fully saturated rings. The van der Waals surface area contributed by atoms with Crippen LogP contribution in [0.2, 0.25) is 5.82 Å². The molecule has 1 N–H and O–H groups in total. The molecule has 0 saturated heterocycles. The van der Waals surface area contributed by atoms with Crippen LogP contribution in [0.5, 0.6) is 0 Å². The molecule has 26 heavy (non-hydrogen) atoms. The maximum Gasteiger partial charge on any atom is 2.00 e. The third kappa shape index (κ3) is 31.9. The van der Waals surface area contributed by atoms with Crippen LogP contribution in [-0.4, -0.2) is 54.3 Å². The summed E-state index contributed by atoms with van der Waals surface area (Å²) in [6.45, 7) is 2.72. The molecule has 3 radical (unpaired) electrons. The predicted molar refractivity (Wildman–Crippen MR) is 99.2 cm³/mol. The zero-order chi connectivity index (χ0) is 17.4. The molecule has 6 nitrogen and oxygen atoms in total. The average molecular weight is 579 g/mol. The van der Waals surface area contributed by atoms with Gasteiger partial charge in [0.25, 0.3) is 0 Å². The summed E-state index contributed by atoms with van der Waals surface area (Å²) >= 11 is 0. The van der Waals surface area contributed by atoms with Crippen molar-refractivity contribution >= 4 is 19.7 Å². The van der Waals surface area contributed by atoms with Crippen molar-refractivity contribution in [3.05, 3.63) is 21.9 Å². The van der Waals surface area contributed by atoms with Gasteiger partial charge >= 0.3 is 27.0 Å². The first kappa shape index (κ1) is 40.8. The summed E-state index contributed by atoms with van der Waals surface area (Å²) in [4.78, 5) is 19.9. The van der Waals surface area contributed by atoms with Crippen LogP contribution in [0, 0.1) is 27.8 Å². The number of nitrogens with one attached hydrogen (secondary N) is 1. The Balaban J connectivity index is -0.0000000554. The Bertz CT molecular complexity index is 300. The van der Waals surface area contributed by atoms with E-state index in [1.165, 1.54) is 26.9 Å². The van der Waals surface area contributed by atoms with Crippen molar-refractivity contribution in [3.8, 4) is 0 Å². The normalized spacial score (nSPS) is 16.2. The van der Waals surface area contributed by atoms with Gasteiger partial charge in [0.1, 0.15) is 0 Å². The fraction of sp³-hybridized carbons (Fsp3) is 0.706. The molecule has 1 aliphatic carbocycles. The van der Waals surface area contributed by atoms with E-state index in [-0.39, 0.29) is 66.4 Å². The van der Waals surface area contributed by atoms with Gasteiger partial charge in [0.2, 0.25) is 0 Å². The molecule has 0 spiro atoms. The van der Waals surface area contributed by atoms with Crippen molar-refractivity contribution in [1.82, 2.24) is 5.32 Å². The summed E-state index contributed by atoms with van der Waals surface area (Å²) in [7, 11) is 13.5. The molecule has 0 aromatic heterocycles. The molecule has 1 aliphatic rings. The maximum atomic E-state index is 10.3. The zero-order valence-electron chi connectivity index (χ0n) is 17.1. The Morgan fingerprint density at radius 3 is 1.92 bits per heavy atom. The van der Waals surface area contributed by atoms with Gasteiger partial charge in [-0.1, -0.05) is 18.7 Å². The number of amides is 1. The van der Waals surface area contributed by atoms with E-state index < -0.39 is 0 Å². The summed E-state index contributed by atoms with van der Waals surface area (Å²) in [5, 5.41) is 2.23. The quantitative estimate of drug-likeness (QED) is 0.308. The molecule has 0 bridgehead atoms. The number of ether oxygens (including phenoxy) is 3. The van der Waals surface area contributed by atoms with Crippen molar-refractivity contribution in [2.75, 3.05) is 34.5 Å². The first-order chi connectivity index (χ1) is 10.4. The fourth-order valence-corrected chi connectivity index (χ4v) is 1.78. The third-order valence-electron chi connectivity index (χ3n) is 3.00. The van der Waals surface area contributed by atoms with Gasteiger partial charge in [-0.15, -0.1) is 0 Å². The Morgan fingerprint density at radius 2 is 1.65 bits per heavy atom. The zero-order valence-corrected chi connectivity index (χ0v) is 21.4. The molecule has 0 aliphatic heterocycles. The Kier molecular flexibility index (Phi) is 47.0. The van der Waals surface area contributed by atoms with E-state index in [0.717, 1.165) is 18.9 Å². The maximum absolute atomic E-state index is 10.3. The molecule has 153 valence electrons. The molecule has 1 amide bonds. The number of rotatable bonds is 5. The number of hydrogen-bond donors (Lipinski definition) is 1. The third-order valence-corrected chi connectivity index (χ3v) is 3.00. The second-order valence-corrected chi connectivity index (χ2v) is 4.93. The second-order valence-electron chi connectivity index (χ2n) is 4.93. The van der Waals surface area contributed by atoms with E-state index in [2.05, 4.69) is 21.8 Å². The number of carbonyl (C=O) groups excluding carboxylic acids is 2. The smallest absolute Gasteiger partial charge is 0.508 e. The van der Waals surface area contributed by atoms with Crippen molar-refractivity contribution in [2.45, 2.75) is 38.4 Å².